The third-order valence-electron chi connectivity index (χ3n) is 6.69. The Balaban J connectivity index is 1.36. The number of ether oxygens (including phenoxy) is 1. The van der Waals surface area contributed by atoms with E-state index in [0.29, 0.717) is 24.2 Å². The summed E-state index contributed by atoms with van der Waals surface area (Å²) in [5.74, 6) is -0.460. The summed E-state index contributed by atoms with van der Waals surface area (Å²) in [5, 5.41) is 4.82. The van der Waals surface area contributed by atoms with E-state index in [-0.39, 0.29) is 17.4 Å². The molecule has 8 nitrogen and oxygen atoms in total. The van der Waals surface area contributed by atoms with Crippen molar-refractivity contribution in [3.05, 3.63) is 105 Å². The fraction of sp³-hybridized carbons (Fsp3) is 0.179. The van der Waals surface area contributed by atoms with E-state index < -0.39 is 12.3 Å². The molecular weight excluding hydrogens is 553 g/mol. The fourth-order valence-electron chi connectivity index (χ4n) is 4.75. The van der Waals surface area contributed by atoms with E-state index in [1.54, 1.807) is 28.6 Å². The number of hydrogen-bond acceptors (Lipinski definition) is 4. The first-order valence-corrected chi connectivity index (χ1v) is 12.9. The Kier molecular flexibility index (Phi) is 6.21. The van der Waals surface area contributed by atoms with Crippen LogP contribution in [-0.2, 0) is 16.0 Å². The first-order chi connectivity index (χ1) is 18.4. The summed E-state index contributed by atoms with van der Waals surface area (Å²) in [5.41, 5.74) is 5.04. The number of fused-ring (bicyclic) bond motifs is 1. The zero-order valence-corrected chi connectivity index (χ0v) is 21.9. The highest BCUT2D eigenvalue weighted by atomic mass is 79.9. The van der Waals surface area contributed by atoms with Crippen LogP contribution in [0.5, 0.6) is 0 Å². The molecule has 6 rings (SSSR count). The van der Waals surface area contributed by atoms with Crippen molar-refractivity contribution in [3.63, 3.8) is 0 Å². The lowest BCUT2D eigenvalue weighted by Crippen LogP contribution is -2.32. The molecule has 1 aliphatic rings. The highest BCUT2D eigenvalue weighted by Crippen LogP contribution is 2.37. The van der Waals surface area contributed by atoms with Crippen LogP contribution in [0.25, 0.3) is 28.0 Å². The second kappa shape index (κ2) is 9.70. The van der Waals surface area contributed by atoms with Gasteiger partial charge in [-0.1, -0.05) is 22.0 Å². The van der Waals surface area contributed by atoms with Crippen LogP contribution in [0, 0.1) is 5.82 Å². The third kappa shape index (κ3) is 4.57. The molecule has 2 unspecified atom stereocenters. The van der Waals surface area contributed by atoms with Gasteiger partial charge in [0.25, 0.3) is 5.91 Å². The summed E-state index contributed by atoms with van der Waals surface area (Å²) in [7, 11) is 0. The Morgan fingerprint density at radius 2 is 1.74 bits per heavy atom. The van der Waals surface area contributed by atoms with Crippen LogP contribution in [0.4, 0.5) is 4.39 Å². The van der Waals surface area contributed by atoms with Crippen molar-refractivity contribution in [2.75, 3.05) is 6.54 Å². The summed E-state index contributed by atoms with van der Waals surface area (Å²) >= 11 is 3.46. The maximum Gasteiger partial charge on any atom is 0.323 e. The first kappa shape index (κ1) is 24.3. The average Bonchev–Trinajstić information content (AvgIpc) is 3.58. The molecule has 38 heavy (non-hydrogen) atoms. The second-order valence-corrected chi connectivity index (χ2v) is 10.1. The molecule has 2 atom stereocenters. The lowest BCUT2D eigenvalue weighted by Gasteiger charge is -2.23. The van der Waals surface area contributed by atoms with Gasteiger partial charge in [-0.3, -0.25) is 4.79 Å². The highest BCUT2D eigenvalue weighted by molar-refractivity contribution is 9.10. The topological polar surface area (TPSA) is 96.0 Å². The number of hydrogen-bond donors (Lipinski definition) is 2. The minimum Gasteiger partial charge on any atom is -0.341 e. The summed E-state index contributed by atoms with van der Waals surface area (Å²) in [4.78, 5) is 32.0. The maximum atomic E-state index is 13.7. The van der Waals surface area contributed by atoms with Crippen molar-refractivity contribution < 1.29 is 13.9 Å². The predicted molar refractivity (Wildman–Crippen MR) is 144 cm³/mol. The fourth-order valence-corrected chi connectivity index (χ4v) is 5.02. The number of imidazole rings is 1. The van der Waals surface area contributed by atoms with Gasteiger partial charge in [0.1, 0.15) is 17.6 Å². The molecule has 3 heterocycles. The number of amides is 1. The average molecular weight is 576 g/mol. The maximum absolute atomic E-state index is 13.7. The SMILES string of the molecule is CC1OC(c2cn(-c3ccc(Br)cc3)nc2-c2ccc(F)cc2)N(CCc2ccc3[nH]c(=O)[nH]c3c2)C1=O. The number of carbonyl (C=O) groups excluding carboxylic acids is 1. The van der Waals surface area contributed by atoms with Gasteiger partial charge in [-0.2, -0.15) is 5.10 Å². The normalized spacial score (nSPS) is 17.6. The molecule has 0 bridgehead atoms. The van der Waals surface area contributed by atoms with Gasteiger partial charge in [-0.15, -0.1) is 0 Å². The molecule has 1 saturated heterocycles. The molecule has 5 aromatic rings. The molecular formula is C28H23BrFN5O3. The van der Waals surface area contributed by atoms with Crippen LogP contribution < -0.4 is 5.69 Å². The van der Waals surface area contributed by atoms with Gasteiger partial charge in [0.2, 0.25) is 0 Å². The van der Waals surface area contributed by atoms with E-state index in [2.05, 4.69) is 25.9 Å². The largest absolute Gasteiger partial charge is 0.341 e. The Morgan fingerprint density at radius 3 is 2.50 bits per heavy atom. The zero-order chi connectivity index (χ0) is 26.4. The van der Waals surface area contributed by atoms with Gasteiger partial charge < -0.3 is 19.6 Å². The highest BCUT2D eigenvalue weighted by Gasteiger charge is 2.40. The Labute approximate surface area is 225 Å². The molecule has 1 amide bonds. The summed E-state index contributed by atoms with van der Waals surface area (Å²) in [6.45, 7) is 2.14. The van der Waals surface area contributed by atoms with E-state index >= 15 is 0 Å². The Morgan fingerprint density at radius 1 is 1.00 bits per heavy atom. The number of H-pyrrole nitrogens is 2. The number of benzene rings is 3. The van der Waals surface area contributed by atoms with Crippen molar-refractivity contribution >= 4 is 32.9 Å². The van der Waals surface area contributed by atoms with Crippen LogP contribution in [0.2, 0.25) is 0 Å². The van der Waals surface area contributed by atoms with Gasteiger partial charge in [-0.05, 0) is 79.6 Å². The minimum atomic E-state index is -0.669. The van der Waals surface area contributed by atoms with Gasteiger partial charge in [0.15, 0.2) is 6.23 Å². The van der Waals surface area contributed by atoms with E-state index in [4.69, 9.17) is 9.84 Å². The zero-order valence-electron chi connectivity index (χ0n) is 20.3. The number of nitrogens with zero attached hydrogens (tertiary/aromatic N) is 3. The van der Waals surface area contributed by atoms with E-state index in [1.165, 1.54) is 12.1 Å². The van der Waals surface area contributed by atoms with Gasteiger partial charge in [-0.25, -0.2) is 13.9 Å². The van der Waals surface area contributed by atoms with Crippen molar-refractivity contribution in [2.45, 2.75) is 25.7 Å². The molecule has 3 aromatic carbocycles. The Bertz CT molecular complexity index is 1690. The van der Waals surface area contributed by atoms with Gasteiger partial charge in [0, 0.05) is 28.3 Å². The molecule has 10 heteroatoms. The summed E-state index contributed by atoms with van der Waals surface area (Å²) < 4.78 is 22.6. The summed E-state index contributed by atoms with van der Waals surface area (Å²) in [6.07, 6.45) is 1.13. The molecule has 0 aliphatic carbocycles. The van der Waals surface area contributed by atoms with Crippen molar-refractivity contribution in [1.29, 1.82) is 0 Å². The third-order valence-corrected chi connectivity index (χ3v) is 7.21. The van der Waals surface area contributed by atoms with E-state index in [9.17, 15) is 14.0 Å². The Hall–Kier alpha value is -4.02. The van der Waals surface area contributed by atoms with Gasteiger partial charge in [0.05, 0.1) is 16.7 Å². The predicted octanol–water partition coefficient (Wildman–Crippen LogP) is 5.10. The van der Waals surface area contributed by atoms with E-state index in [1.807, 2.05) is 48.7 Å². The molecule has 2 N–H and O–H groups in total. The molecule has 0 saturated carbocycles. The smallest absolute Gasteiger partial charge is 0.323 e. The lowest BCUT2D eigenvalue weighted by molar-refractivity contribution is -0.130. The number of aromatic nitrogens is 4. The molecule has 2 aromatic heterocycles. The molecule has 192 valence electrons. The number of aromatic amines is 2. The number of carbonyl (C=O) groups is 1. The van der Waals surface area contributed by atoms with Crippen LogP contribution in [0.3, 0.4) is 0 Å². The standard InChI is InChI=1S/C28H23BrFN5O3/c1-16-26(36)34(13-12-17-2-11-23-24(14-17)32-28(37)31-23)27(38-16)22-15-35(21-9-5-19(29)6-10-21)33-25(22)18-3-7-20(30)8-4-18/h2-11,14-16,27H,12-13H2,1H3,(H2,31,32,37). The molecule has 0 spiro atoms. The number of rotatable bonds is 6. The van der Waals surface area contributed by atoms with Crippen LogP contribution in [0.15, 0.2) is 82.2 Å². The quantitative estimate of drug-likeness (QED) is 0.294. The van der Waals surface area contributed by atoms with E-state index in [0.717, 1.165) is 32.3 Å². The number of nitrogens with one attached hydrogen (secondary N) is 2. The monoisotopic (exact) mass is 575 g/mol. The van der Waals surface area contributed by atoms with Crippen molar-refractivity contribution in [3.8, 4) is 16.9 Å². The van der Waals surface area contributed by atoms with Crippen molar-refractivity contribution in [2.24, 2.45) is 0 Å². The van der Waals surface area contributed by atoms with Crippen LogP contribution in [-0.4, -0.2) is 43.2 Å². The molecule has 1 aliphatic heterocycles. The van der Waals surface area contributed by atoms with Gasteiger partial charge >= 0.3 is 5.69 Å². The van der Waals surface area contributed by atoms with Crippen molar-refractivity contribution in [1.82, 2.24) is 24.6 Å². The number of halogens is 2. The second-order valence-electron chi connectivity index (χ2n) is 9.23. The summed E-state index contributed by atoms with van der Waals surface area (Å²) in [6, 6.07) is 19.5. The molecule has 0 radical (unpaired) electrons. The van der Waals surface area contributed by atoms with Crippen LogP contribution in [0.1, 0.15) is 24.3 Å². The first-order valence-electron chi connectivity index (χ1n) is 12.1. The molecule has 1 fully saturated rings. The minimum absolute atomic E-state index is 0.118. The lowest BCUT2D eigenvalue weighted by atomic mass is 10.1. The van der Waals surface area contributed by atoms with Crippen LogP contribution >= 0.6 is 15.9 Å².